The molecule has 3 heterocycles. The molecule has 2 aromatic carbocycles. The van der Waals surface area contributed by atoms with Gasteiger partial charge in [0.2, 0.25) is 5.91 Å². The van der Waals surface area contributed by atoms with Gasteiger partial charge in [-0.3, -0.25) is 9.78 Å². The predicted molar refractivity (Wildman–Crippen MR) is 157 cm³/mol. The van der Waals surface area contributed by atoms with Gasteiger partial charge in [-0.25, -0.2) is 0 Å². The lowest BCUT2D eigenvalue weighted by Crippen LogP contribution is -2.29. The van der Waals surface area contributed by atoms with E-state index >= 15 is 0 Å². The number of benzene rings is 2. The molecule has 0 saturated carbocycles. The standard InChI is InChI=1S/C30H31N5O3S/c1-18-15-24(19(2)34(18)21-9-8-10-23(16-21)37-4)29-28(25-11-6-7-14-31-25)33-30(39)35(29)22-12-13-27(38-5)26(17-22)32-20(3)36/h6-17,28-29H,1-5H3,(H,32,36)(H,33,39). The van der Waals surface area contributed by atoms with E-state index in [2.05, 4.69) is 51.1 Å². The van der Waals surface area contributed by atoms with Crippen molar-refractivity contribution in [3.05, 3.63) is 95.6 Å². The van der Waals surface area contributed by atoms with E-state index in [4.69, 9.17) is 21.7 Å². The number of hydrogen-bond acceptors (Lipinski definition) is 5. The molecule has 2 unspecified atom stereocenters. The number of anilines is 2. The first-order valence-corrected chi connectivity index (χ1v) is 13.0. The number of carbonyl (C=O) groups is 1. The molecule has 39 heavy (non-hydrogen) atoms. The van der Waals surface area contributed by atoms with E-state index in [0.29, 0.717) is 16.5 Å². The van der Waals surface area contributed by atoms with Crippen LogP contribution in [0.25, 0.3) is 5.69 Å². The van der Waals surface area contributed by atoms with Crippen LogP contribution in [-0.4, -0.2) is 34.8 Å². The number of amides is 1. The summed E-state index contributed by atoms with van der Waals surface area (Å²) in [6, 6.07) is 21.4. The van der Waals surface area contributed by atoms with E-state index in [9.17, 15) is 4.79 Å². The molecule has 200 valence electrons. The van der Waals surface area contributed by atoms with Crippen LogP contribution in [0.3, 0.4) is 0 Å². The Bertz CT molecular complexity index is 1540. The summed E-state index contributed by atoms with van der Waals surface area (Å²) in [4.78, 5) is 18.7. The summed E-state index contributed by atoms with van der Waals surface area (Å²) in [5.74, 6) is 1.18. The number of methoxy groups -OCH3 is 2. The highest BCUT2D eigenvalue weighted by Crippen LogP contribution is 2.45. The summed E-state index contributed by atoms with van der Waals surface area (Å²) in [5.41, 5.74) is 6.58. The van der Waals surface area contributed by atoms with Crippen molar-refractivity contribution in [2.45, 2.75) is 32.9 Å². The molecule has 0 aliphatic carbocycles. The molecule has 2 N–H and O–H groups in total. The Balaban J connectivity index is 1.67. The second-order valence-corrected chi connectivity index (χ2v) is 9.81. The van der Waals surface area contributed by atoms with E-state index in [1.54, 1.807) is 20.4 Å². The number of aromatic nitrogens is 2. The summed E-state index contributed by atoms with van der Waals surface area (Å²) >= 11 is 5.92. The molecule has 1 fully saturated rings. The normalized spacial score (nSPS) is 16.6. The Morgan fingerprint density at radius 3 is 2.51 bits per heavy atom. The van der Waals surface area contributed by atoms with Crippen LogP contribution in [0.5, 0.6) is 11.5 Å². The fourth-order valence-corrected chi connectivity index (χ4v) is 5.66. The Morgan fingerprint density at radius 1 is 1.00 bits per heavy atom. The Kier molecular flexibility index (Phi) is 7.26. The molecule has 8 nitrogen and oxygen atoms in total. The zero-order valence-electron chi connectivity index (χ0n) is 22.6. The third kappa shape index (κ3) is 4.93. The second kappa shape index (κ2) is 10.8. The minimum Gasteiger partial charge on any atom is -0.497 e. The van der Waals surface area contributed by atoms with Crippen LogP contribution in [0.15, 0.2) is 72.9 Å². The van der Waals surface area contributed by atoms with Crippen molar-refractivity contribution in [2.75, 3.05) is 24.4 Å². The second-order valence-electron chi connectivity index (χ2n) is 9.43. The lowest BCUT2D eigenvalue weighted by molar-refractivity contribution is -0.114. The summed E-state index contributed by atoms with van der Waals surface area (Å²) in [5, 5.41) is 6.96. The number of rotatable bonds is 7. The summed E-state index contributed by atoms with van der Waals surface area (Å²) in [7, 11) is 3.25. The SMILES string of the molecule is COc1cccc(-n2c(C)cc(C3C(c4ccccn4)NC(=S)N3c3ccc(OC)c(NC(C)=O)c3)c2C)c1. The number of ether oxygens (including phenoxy) is 2. The molecular weight excluding hydrogens is 510 g/mol. The number of thiocarbonyl (C=S) groups is 1. The molecule has 0 bridgehead atoms. The third-order valence-corrected chi connectivity index (χ3v) is 7.29. The van der Waals surface area contributed by atoms with Crippen LogP contribution in [0, 0.1) is 13.8 Å². The Hall–Kier alpha value is -4.37. The van der Waals surface area contributed by atoms with Crippen LogP contribution < -0.4 is 25.0 Å². The number of carbonyl (C=O) groups excluding carboxylic acids is 1. The lowest BCUT2D eigenvalue weighted by atomic mass is 9.96. The average Bonchev–Trinajstić information content (AvgIpc) is 3.43. The van der Waals surface area contributed by atoms with Crippen LogP contribution >= 0.6 is 12.2 Å². The molecule has 4 aromatic rings. The monoisotopic (exact) mass is 541 g/mol. The van der Waals surface area contributed by atoms with Gasteiger partial charge in [0, 0.05) is 41.9 Å². The highest BCUT2D eigenvalue weighted by atomic mass is 32.1. The molecule has 0 radical (unpaired) electrons. The average molecular weight is 542 g/mol. The van der Waals surface area contributed by atoms with Crippen LogP contribution in [0.1, 0.15) is 41.7 Å². The summed E-state index contributed by atoms with van der Waals surface area (Å²) in [6.45, 7) is 5.69. The van der Waals surface area contributed by atoms with Crippen molar-refractivity contribution in [1.29, 1.82) is 0 Å². The largest absolute Gasteiger partial charge is 0.497 e. The van der Waals surface area contributed by atoms with E-state index in [1.807, 2.05) is 54.6 Å². The van der Waals surface area contributed by atoms with Crippen molar-refractivity contribution >= 4 is 34.6 Å². The zero-order chi connectivity index (χ0) is 27.7. The number of pyridine rings is 1. The van der Waals surface area contributed by atoms with Crippen LogP contribution in [0.4, 0.5) is 11.4 Å². The molecule has 2 atom stereocenters. The van der Waals surface area contributed by atoms with Crippen molar-refractivity contribution in [1.82, 2.24) is 14.9 Å². The molecular formula is C30H31N5O3S. The predicted octanol–water partition coefficient (Wildman–Crippen LogP) is 5.64. The molecule has 1 aliphatic heterocycles. The van der Waals surface area contributed by atoms with Crippen molar-refractivity contribution < 1.29 is 14.3 Å². The van der Waals surface area contributed by atoms with E-state index < -0.39 is 0 Å². The number of aryl methyl sites for hydroxylation is 1. The number of hydrogen-bond donors (Lipinski definition) is 2. The number of nitrogens with one attached hydrogen (secondary N) is 2. The van der Waals surface area contributed by atoms with Gasteiger partial charge >= 0.3 is 0 Å². The minimum absolute atomic E-state index is 0.183. The zero-order valence-corrected chi connectivity index (χ0v) is 23.4. The van der Waals surface area contributed by atoms with Gasteiger partial charge in [-0.2, -0.15) is 0 Å². The highest BCUT2D eigenvalue weighted by Gasteiger charge is 2.42. The van der Waals surface area contributed by atoms with Gasteiger partial charge in [-0.1, -0.05) is 12.1 Å². The maximum Gasteiger partial charge on any atom is 0.221 e. The van der Waals surface area contributed by atoms with Crippen molar-refractivity contribution in [3.8, 4) is 17.2 Å². The molecule has 0 spiro atoms. The van der Waals surface area contributed by atoms with Gasteiger partial charge in [-0.15, -0.1) is 0 Å². The third-order valence-electron chi connectivity index (χ3n) is 6.97. The van der Waals surface area contributed by atoms with Crippen molar-refractivity contribution in [2.24, 2.45) is 0 Å². The fourth-order valence-electron chi connectivity index (χ4n) is 5.32. The molecule has 5 rings (SSSR count). The maximum absolute atomic E-state index is 11.9. The van der Waals surface area contributed by atoms with Gasteiger partial charge in [0.25, 0.3) is 0 Å². The lowest BCUT2D eigenvalue weighted by Gasteiger charge is -2.29. The fraction of sp³-hybridized carbons (Fsp3) is 0.233. The Labute approximate surface area is 233 Å². The Morgan fingerprint density at radius 2 is 1.82 bits per heavy atom. The van der Waals surface area contributed by atoms with Gasteiger partial charge in [0.05, 0.1) is 37.7 Å². The molecule has 1 amide bonds. The molecule has 1 saturated heterocycles. The van der Waals surface area contributed by atoms with Crippen molar-refractivity contribution in [3.63, 3.8) is 0 Å². The maximum atomic E-state index is 11.9. The van der Waals surface area contributed by atoms with Gasteiger partial charge in [-0.05, 0) is 80.2 Å². The molecule has 1 aliphatic rings. The first-order valence-electron chi connectivity index (χ1n) is 12.6. The smallest absolute Gasteiger partial charge is 0.221 e. The molecule has 9 heteroatoms. The highest BCUT2D eigenvalue weighted by molar-refractivity contribution is 7.80. The first kappa shape index (κ1) is 26.2. The van der Waals surface area contributed by atoms with E-state index in [1.165, 1.54) is 6.92 Å². The topological polar surface area (TPSA) is 80.7 Å². The minimum atomic E-state index is -0.212. The van der Waals surface area contributed by atoms with Crippen LogP contribution in [-0.2, 0) is 4.79 Å². The molecule has 2 aromatic heterocycles. The number of nitrogens with zero attached hydrogens (tertiary/aromatic N) is 3. The van der Waals surface area contributed by atoms with Gasteiger partial charge in [0.15, 0.2) is 5.11 Å². The first-order chi connectivity index (χ1) is 18.8. The summed E-state index contributed by atoms with van der Waals surface area (Å²) in [6.07, 6.45) is 1.79. The van der Waals surface area contributed by atoms with E-state index in [0.717, 1.165) is 39.8 Å². The van der Waals surface area contributed by atoms with Crippen LogP contribution in [0.2, 0.25) is 0 Å². The summed E-state index contributed by atoms with van der Waals surface area (Å²) < 4.78 is 13.2. The van der Waals surface area contributed by atoms with Gasteiger partial charge in [0.1, 0.15) is 11.5 Å². The quantitative estimate of drug-likeness (QED) is 0.293. The van der Waals surface area contributed by atoms with Gasteiger partial charge < -0.3 is 29.6 Å². The van der Waals surface area contributed by atoms with E-state index in [-0.39, 0.29) is 18.0 Å².